The molecule has 1 rings (SSSR count). The molecule has 0 aromatic rings. The zero-order valence-corrected chi connectivity index (χ0v) is 9.82. The number of aliphatic hydroxyl groups is 4. The van der Waals surface area contributed by atoms with Crippen LogP contribution >= 0.6 is 0 Å². The highest BCUT2D eigenvalue weighted by Gasteiger charge is 2.48. The van der Waals surface area contributed by atoms with Crippen molar-refractivity contribution in [3.8, 4) is 0 Å². The second-order valence-electron chi connectivity index (χ2n) is 3.85. The highest BCUT2D eigenvalue weighted by Crippen LogP contribution is 2.24. The van der Waals surface area contributed by atoms with Crippen LogP contribution in [-0.4, -0.2) is 77.6 Å². The van der Waals surface area contributed by atoms with Gasteiger partial charge in [-0.2, -0.15) is 0 Å². The van der Waals surface area contributed by atoms with Gasteiger partial charge in [0.15, 0.2) is 15.3 Å². The van der Waals surface area contributed by atoms with Crippen LogP contribution in [0.4, 0.5) is 0 Å². The number of hydrogen-bond donors (Lipinski definition) is 5. The summed E-state index contributed by atoms with van der Waals surface area (Å²) in [7, 11) is -3.86. The molecular formula is C8H17NO7S. The highest BCUT2D eigenvalue weighted by molar-refractivity contribution is 7.91. The Labute approximate surface area is 98.5 Å². The Kier molecular flexibility index (Phi) is 4.84. The standard InChI is InChI=1S/C8H17NO7S/c9-1-2-17(14,15)8-7(13)6(12)5(11)4(3-10)16-8/h4-8,10-13H,1-3,9H2/t4-,5-,6+,7-,8+/m1/s1. The Hall–Kier alpha value is -0.290. The summed E-state index contributed by atoms with van der Waals surface area (Å²) in [5.41, 5.74) is 3.43. The number of hydrogen-bond acceptors (Lipinski definition) is 8. The van der Waals surface area contributed by atoms with Gasteiger partial charge in [0.1, 0.15) is 24.4 Å². The fourth-order valence-electron chi connectivity index (χ4n) is 1.64. The van der Waals surface area contributed by atoms with Crippen LogP contribution in [0.3, 0.4) is 0 Å². The number of rotatable bonds is 4. The summed E-state index contributed by atoms with van der Waals surface area (Å²) < 4.78 is 28.2. The van der Waals surface area contributed by atoms with Gasteiger partial charge in [0.25, 0.3) is 0 Å². The van der Waals surface area contributed by atoms with E-state index in [0.29, 0.717) is 0 Å². The molecule has 5 atom stereocenters. The predicted molar refractivity (Wildman–Crippen MR) is 56.6 cm³/mol. The van der Waals surface area contributed by atoms with E-state index in [9.17, 15) is 23.7 Å². The molecule has 102 valence electrons. The first-order valence-corrected chi connectivity index (χ1v) is 6.79. The molecule has 0 amide bonds. The summed E-state index contributed by atoms with van der Waals surface area (Å²) in [6, 6.07) is 0. The molecule has 9 heteroatoms. The molecule has 1 heterocycles. The summed E-state index contributed by atoms with van der Waals surface area (Å²) in [5, 5.41) is 37.3. The fraction of sp³-hybridized carbons (Fsp3) is 1.00. The van der Waals surface area contributed by atoms with E-state index in [1.807, 2.05) is 0 Å². The van der Waals surface area contributed by atoms with E-state index >= 15 is 0 Å². The predicted octanol–water partition coefficient (Wildman–Crippen LogP) is -3.84. The average molecular weight is 271 g/mol. The maximum absolute atomic E-state index is 11.7. The lowest BCUT2D eigenvalue weighted by Crippen LogP contribution is -2.60. The Bertz CT molecular complexity index is 344. The molecule has 17 heavy (non-hydrogen) atoms. The van der Waals surface area contributed by atoms with Gasteiger partial charge in [0.05, 0.1) is 12.4 Å². The van der Waals surface area contributed by atoms with Gasteiger partial charge in [-0.15, -0.1) is 0 Å². The summed E-state index contributed by atoms with van der Waals surface area (Å²) in [6.07, 6.45) is -6.27. The van der Waals surface area contributed by atoms with Crippen LogP contribution in [0.2, 0.25) is 0 Å². The maximum Gasteiger partial charge on any atom is 0.187 e. The van der Waals surface area contributed by atoms with Gasteiger partial charge in [0, 0.05) is 6.54 Å². The molecule has 0 aliphatic carbocycles. The van der Waals surface area contributed by atoms with Crippen LogP contribution in [0, 0.1) is 0 Å². The lowest BCUT2D eigenvalue weighted by Gasteiger charge is -2.39. The van der Waals surface area contributed by atoms with Gasteiger partial charge in [-0.3, -0.25) is 0 Å². The minimum Gasteiger partial charge on any atom is -0.394 e. The van der Waals surface area contributed by atoms with Crippen molar-refractivity contribution in [2.24, 2.45) is 5.73 Å². The zero-order valence-electron chi connectivity index (χ0n) is 9.01. The molecule has 8 nitrogen and oxygen atoms in total. The molecule has 6 N–H and O–H groups in total. The van der Waals surface area contributed by atoms with Crippen molar-refractivity contribution in [2.45, 2.75) is 29.9 Å². The smallest absolute Gasteiger partial charge is 0.187 e. The minimum atomic E-state index is -3.86. The topological polar surface area (TPSA) is 150 Å². The van der Waals surface area contributed by atoms with E-state index in [1.165, 1.54) is 0 Å². The lowest BCUT2D eigenvalue weighted by molar-refractivity contribution is -0.207. The number of aliphatic hydroxyl groups excluding tert-OH is 4. The minimum absolute atomic E-state index is 0.155. The van der Waals surface area contributed by atoms with E-state index in [4.69, 9.17) is 15.6 Å². The Balaban J connectivity index is 2.93. The number of nitrogens with two attached hydrogens (primary N) is 1. The van der Waals surface area contributed by atoms with Gasteiger partial charge in [0.2, 0.25) is 0 Å². The van der Waals surface area contributed by atoms with Crippen molar-refractivity contribution in [3.05, 3.63) is 0 Å². The molecule has 0 spiro atoms. The number of sulfone groups is 1. The third kappa shape index (κ3) is 2.94. The zero-order chi connectivity index (χ0) is 13.2. The first-order chi connectivity index (χ1) is 7.85. The molecule has 0 radical (unpaired) electrons. The Morgan fingerprint density at radius 3 is 2.18 bits per heavy atom. The Morgan fingerprint density at radius 2 is 1.71 bits per heavy atom. The van der Waals surface area contributed by atoms with Crippen molar-refractivity contribution in [2.75, 3.05) is 18.9 Å². The second-order valence-corrected chi connectivity index (χ2v) is 6.05. The molecule has 0 unspecified atom stereocenters. The van der Waals surface area contributed by atoms with Gasteiger partial charge >= 0.3 is 0 Å². The first-order valence-electron chi connectivity index (χ1n) is 5.07. The van der Waals surface area contributed by atoms with E-state index < -0.39 is 52.0 Å². The van der Waals surface area contributed by atoms with Crippen LogP contribution < -0.4 is 5.73 Å². The molecular weight excluding hydrogens is 254 g/mol. The summed E-state index contributed by atoms with van der Waals surface area (Å²) in [6.45, 7) is -0.822. The van der Waals surface area contributed by atoms with E-state index in [2.05, 4.69) is 0 Å². The fourth-order valence-corrected chi connectivity index (χ4v) is 3.10. The maximum atomic E-state index is 11.7. The SMILES string of the molecule is NCCS(=O)(=O)[C@@H]1O[C@H](CO)[C@@H](O)[C@H](O)[C@H]1O. The van der Waals surface area contributed by atoms with Crippen molar-refractivity contribution in [1.82, 2.24) is 0 Å². The van der Waals surface area contributed by atoms with E-state index in [1.54, 1.807) is 0 Å². The molecule has 1 aliphatic rings. The van der Waals surface area contributed by atoms with E-state index in [-0.39, 0.29) is 6.54 Å². The second kappa shape index (κ2) is 5.57. The normalized spacial score (nSPS) is 39.2. The van der Waals surface area contributed by atoms with Gasteiger partial charge in [-0.05, 0) is 0 Å². The molecule has 1 saturated heterocycles. The van der Waals surface area contributed by atoms with Crippen molar-refractivity contribution < 1.29 is 33.6 Å². The molecule has 0 aromatic carbocycles. The molecule has 1 aliphatic heterocycles. The van der Waals surface area contributed by atoms with Gasteiger partial charge in [-0.25, -0.2) is 8.42 Å². The van der Waals surface area contributed by atoms with Crippen LogP contribution in [-0.2, 0) is 14.6 Å². The van der Waals surface area contributed by atoms with Crippen LogP contribution in [0.15, 0.2) is 0 Å². The average Bonchev–Trinajstić information content (AvgIpc) is 2.26. The quantitative estimate of drug-likeness (QED) is 0.349. The molecule has 0 saturated carbocycles. The number of ether oxygens (including phenoxy) is 1. The summed E-state index contributed by atoms with van der Waals surface area (Å²) in [5.74, 6) is -0.421. The largest absolute Gasteiger partial charge is 0.394 e. The van der Waals surface area contributed by atoms with Crippen LogP contribution in [0.5, 0.6) is 0 Å². The van der Waals surface area contributed by atoms with Crippen LogP contribution in [0.25, 0.3) is 0 Å². The van der Waals surface area contributed by atoms with Crippen LogP contribution in [0.1, 0.15) is 0 Å². The molecule has 0 aromatic heterocycles. The monoisotopic (exact) mass is 271 g/mol. The third-order valence-electron chi connectivity index (χ3n) is 2.60. The summed E-state index contributed by atoms with van der Waals surface area (Å²) >= 11 is 0. The van der Waals surface area contributed by atoms with Crippen molar-refractivity contribution >= 4 is 9.84 Å². The molecule has 1 fully saturated rings. The van der Waals surface area contributed by atoms with Crippen molar-refractivity contribution in [3.63, 3.8) is 0 Å². The molecule has 0 bridgehead atoms. The van der Waals surface area contributed by atoms with Crippen molar-refractivity contribution in [1.29, 1.82) is 0 Å². The first kappa shape index (κ1) is 14.8. The van der Waals surface area contributed by atoms with E-state index in [0.717, 1.165) is 0 Å². The Morgan fingerprint density at radius 1 is 1.12 bits per heavy atom. The summed E-state index contributed by atoms with van der Waals surface area (Å²) in [4.78, 5) is 0. The highest BCUT2D eigenvalue weighted by atomic mass is 32.2. The van der Waals surface area contributed by atoms with Gasteiger partial charge in [-0.1, -0.05) is 0 Å². The van der Waals surface area contributed by atoms with Gasteiger partial charge < -0.3 is 30.9 Å². The third-order valence-corrected chi connectivity index (χ3v) is 4.51. The lowest BCUT2D eigenvalue weighted by atomic mass is 10.0.